The van der Waals surface area contributed by atoms with Crippen LogP contribution in [0.15, 0.2) is 0 Å². The Morgan fingerprint density at radius 2 is 1.87 bits per heavy atom. The molecular formula is C11H23NO3. The highest BCUT2D eigenvalue weighted by atomic mass is 16.5. The van der Waals surface area contributed by atoms with E-state index in [1.54, 1.807) is 0 Å². The maximum atomic E-state index is 9.10. The van der Waals surface area contributed by atoms with Gasteiger partial charge >= 0.3 is 0 Å². The predicted octanol–water partition coefficient (Wildman–Crippen LogP) is -0.00650. The van der Waals surface area contributed by atoms with Crippen molar-refractivity contribution in [1.82, 2.24) is 5.32 Å². The van der Waals surface area contributed by atoms with Gasteiger partial charge in [-0.2, -0.15) is 0 Å². The van der Waals surface area contributed by atoms with Gasteiger partial charge in [0.05, 0.1) is 13.2 Å². The fourth-order valence-corrected chi connectivity index (χ4v) is 1.69. The smallest absolute Gasteiger partial charge is 0.0518 e. The Morgan fingerprint density at radius 3 is 2.40 bits per heavy atom. The molecule has 3 N–H and O–H groups in total. The molecule has 0 aliphatic carbocycles. The van der Waals surface area contributed by atoms with Crippen molar-refractivity contribution < 1.29 is 14.9 Å². The lowest BCUT2D eigenvalue weighted by Gasteiger charge is -2.27. The minimum Gasteiger partial charge on any atom is -0.396 e. The molecule has 15 heavy (non-hydrogen) atoms. The molecule has 0 amide bonds. The van der Waals surface area contributed by atoms with E-state index in [1.807, 2.05) is 6.92 Å². The second-order valence-corrected chi connectivity index (χ2v) is 4.81. The van der Waals surface area contributed by atoms with Crippen molar-refractivity contribution in [3.63, 3.8) is 0 Å². The van der Waals surface area contributed by atoms with Gasteiger partial charge in [-0.05, 0) is 25.3 Å². The molecule has 0 spiro atoms. The normalized spacial score (nSPS) is 19.4. The van der Waals surface area contributed by atoms with Gasteiger partial charge in [0, 0.05) is 25.2 Å². The molecule has 0 radical (unpaired) electrons. The summed E-state index contributed by atoms with van der Waals surface area (Å²) in [5.41, 5.74) is -0.398. The van der Waals surface area contributed by atoms with Crippen LogP contribution in [-0.2, 0) is 4.74 Å². The van der Waals surface area contributed by atoms with E-state index >= 15 is 0 Å². The van der Waals surface area contributed by atoms with Crippen molar-refractivity contribution in [2.45, 2.75) is 19.8 Å². The minimum atomic E-state index is -0.398. The quantitative estimate of drug-likeness (QED) is 0.586. The Bertz CT molecular complexity index is 165. The maximum absolute atomic E-state index is 9.10. The van der Waals surface area contributed by atoms with Crippen LogP contribution in [0.25, 0.3) is 0 Å². The summed E-state index contributed by atoms with van der Waals surface area (Å²) >= 11 is 0. The minimum absolute atomic E-state index is 0.0181. The van der Waals surface area contributed by atoms with Crippen LogP contribution in [0.2, 0.25) is 0 Å². The highest BCUT2D eigenvalue weighted by Crippen LogP contribution is 2.15. The zero-order chi connectivity index (χ0) is 11.1. The number of ether oxygens (including phenoxy) is 1. The fourth-order valence-electron chi connectivity index (χ4n) is 1.69. The number of aliphatic hydroxyl groups is 2. The number of nitrogens with one attached hydrogen (secondary N) is 1. The fraction of sp³-hybridized carbons (Fsp3) is 1.00. The van der Waals surface area contributed by atoms with Gasteiger partial charge in [-0.1, -0.05) is 6.92 Å². The van der Waals surface area contributed by atoms with Crippen molar-refractivity contribution in [3.8, 4) is 0 Å². The standard InChI is InChI=1S/C11H23NO3/c1-11(8-13,9-14)7-12-6-10-2-4-15-5-3-10/h10,12-14H,2-9H2,1H3. The molecule has 0 aromatic heterocycles. The van der Waals surface area contributed by atoms with Gasteiger partial charge in [-0.25, -0.2) is 0 Å². The zero-order valence-electron chi connectivity index (χ0n) is 9.54. The van der Waals surface area contributed by atoms with Gasteiger partial charge in [-0.3, -0.25) is 0 Å². The summed E-state index contributed by atoms with van der Waals surface area (Å²) in [6, 6.07) is 0. The molecule has 0 bridgehead atoms. The van der Waals surface area contributed by atoms with Gasteiger partial charge in [0.25, 0.3) is 0 Å². The molecular weight excluding hydrogens is 194 g/mol. The van der Waals surface area contributed by atoms with Crippen LogP contribution in [0.1, 0.15) is 19.8 Å². The van der Waals surface area contributed by atoms with E-state index in [0.29, 0.717) is 12.5 Å². The van der Waals surface area contributed by atoms with E-state index in [9.17, 15) is 0 Å². The highest BCUT2D eigenvalue weighted by Gasteiger charge is 2.22. The molecule has 1 aliphatic heterocycles. The van der Waals surface area contributed by atoms with Crippen LogP contribution in [-0.4, -0.2) is 49.7 Å². The Morgan fingerprint density at radius 1 is 1.27 bits per heavy atom. The lowest BCUT2D eigenvalue weighted by molar-refractivity contribution is 0.0550. The highest BCUT2D eigenvalue weighted by molar-refractivity contribution is 4.76. The van der Waals surface area contributed by atoms with E-state index in [-0.39, 0.29) is 13.2 Å². The Labute approximate surface area is 91.6 Å². The SMILES string of the molecule is CC(CO)(CO)CNCC1CCOCC1. The summed E-state index contributed by atoms with van der Waals surface area (Å²) in [7, 11) is 0. The molecule has 1 rings (SSSR count). The molecule has 0 aromatic carbocycles. The first-order valence-corrected chi connectivity index (χ1v) is 5.70. The van der Waals surface area contributed by atoms with E-state index in [1.165, 1.54) is 0 Å². The van der Waals surface area contributed by atoms with E-state index in [2.05, 4.69) is 5.32 Å². The lowest BCUT2D eigenvalue weighted by atomic mass is 9.92. The molecule has 90 valence electrons. The molecule has 1 fully saturated rings. The van der Waals surface area contributed by atoms with Crippen LogP contribution in [0.5, 0.6) is 0 Å². The Hall–Kier alpha value is -0.160. The Kier molecular flexibility index (Phi) is 5.53. The summed E-state index contributed by atoms with van der Waals surface area (Å²) in [6.45, 7) is 5.27. The first-order chi connectivity index (χ1) is 7.20. The molecule has 0 unspecified atom stereocenters. The summed E-state index contributed by atoms with van der Waals surface area (Å²) in [5, 5.41) is 21.5. The van der Waals surface area contributed by atoms with Crippen LogP contribution in [0.4, 0.5) is 0 Å². The largest absolute Gasteiger partial charge is 0.396 e. The van der Waals surface area contributed by atoms with Gasteiger partial charge in [0.15, 0.2) is 0 Å². The lowest BCUT2D eigenvalue weighted by Crippen LogP contribution is -2.40. The van der Waals surface area contributed by atoms with E-state index in [0.717, 1.165) is 32.6 Å². The van der Waals surface area contributed by atoms with Crippen LogP contribution in [0, 0.1) is 11.3 Å². The second-order valence-electron chi connectivity index (χ2n) is 4.81. The van der Waals surface area contributed by atoms with E-state index < -0.39 is 5.41 Å². The van der Waals surface area contributed by atoms with Crippen molar-refractivity contribution >= 4 is 0 Å². The van der Waals surface area contributed by atoms with Gasteiger partial charge in [0.2, 0.25) is 0 Å². The first-order valence-electron chi connectivity index (χ1n) is 5.70. The second kappa shape index (κ2) is 6.43. The van der Waals surface area contributed by atoms with Crippen molar-refractivity contribution in [2.24, 2.45) is 11.3 Å². The molecule has 0 atom stereocenters. The molecule has 0 aromatic rings. The third-order valence-electron chi connectivity index (χ3n) is 3.09. The monoisotopic (exact) mass is 217 g/mol. The van der Waals surface area contributed by atoms with Crippen molar-refractivity contribution in [3.05, 3.63) is 0 Å². The van der Waals surface area contributed by atoms with Crippen molar-refractivity contribution in [2.75, 3.05) is 39.5 Å². The Balaban J connectivity index is 2.14. The average molecular weight is 217 g/mol. The number of aliphatic hydroxyl groups excluding tert-OH is 2. The summed E-state index contributed by atoms with van der Waals surface area (Å²) in [4.78, 5) is 0. The third kappa shape index (κ3) is 4.47. The summed E-state index contributed by atoms with van der Waals surface area (Å²) in [6.07, 6.45) is 2.23. The first kappa shape index (κ1) is 12.9. The average Bonchev–Trinajstić information content (AvgIpc) is 2.30. The number of hydrogen-bond donors (Lipinski definition) is 3. The predicted molar refractivity (Wildman–Crippen MR) is 58.7 cm³/mol. The third-order valence-corrected chi connectivity index (χ3v) is 3.09. The number of hydrogen-bond acceptors (Lipinski definition) is 4. The summed E-state index contributed by atoms with van der Waals surface area (Å²) in [5.74, 6) is 0.681. The molecule has 0 saturated carbocycles. The maximum Gasteiger partial charge on any atom is 0.0518 e. The summed E-state index contributed by atoms with van der Waals surface area (Å²) < 4.78 is 5.28. The van der Waals surface area contributed by atoms with E-state index in [4.69, 9.17) is 14.9 Å². The molecule has 4 heteroatoms. The molecule has 4 nitrogen and oxygen atoms in total. The van der Waals surface area contributed by atoms with Gasteiger partial charge < -0.3 is 20.3 Å². The number of rotatable bonds is 6. The van der Waals surface area contributed by atoms with Crippen LogP contribution in [0.3, 0.4) is 0 Å². The molecule has 1 aliphatic rings. The van der Waals surface area contributed by atoms with Crippen LogP contribution >= 0.6 is 0 Å². The topological polar surface area (TPSA) is 61.7 Å². The van der Waals surface area contributed by atoms with Crippen molar-refractivity contribution in [1.29, 1.82) is 0 Å². The molecule has 1 saturated heterocycles. The van der Waals surface area contributed by atoms with Crippen LogP contribution < -0.4 is 5.32 Å². The molecule has 1 heterocycles. The zero-order valence-corrected chi connectivity index (χ0v) is 9.54. The van der Waals surface area contributed by atoms with Gasteiger partial charge in [0.1, 0.15) is 0 Å². The van der Waals surface area contributed by atoms with Gasteiger partial charge in [-0.15, -0.1) is 0 Å².